The molecule has 0 spiro atoms. The normalized spacial score (nSPS) is 17.5. The van der Waals surface area contributed by atoms with Crippen molar-refractivity contribution in [3.8, 4) is 0 Å². The topological polar surface area (TPSA) is 42.1 Å². The summed E-state index contributed by atoms with van der Waals surface area (Å²) in [7, 11) is 0. The van der Waals surface area contributed by atoms with Gasteiger partial charge in [0.25, 0.3) is 0 Å². The molecule has 2 N–H and O–H groups in total. The van der Waals surface area contributed by atoms with Gasteiger partial charge in [-0.1, -0.05) is 0 Å². The van der Waals surface area contributed by atoms with Crippen molar-refractivity contribution in [2.75, 3.05) is 11.4 Å². The second kappa shape index (κ2) is 4.19. The third-order valence-electron chi connectivity index (χ3n) is 2.92. The summed E-state index contributed by atoms with van der Waals surface area (Å²) in [5.41, 5.74) is 7.04. The summed E-state index contributed by atoms with van der Waals surface area (Å²) in [5.74, 6) is 1.08. The Hall–Kier alpha value is -1.09. The van der Waals surface area contributed by atoms with E-state index in [2.05, 4.69) is 22.9 Å². The molecule has 15 heavy (non-hydrogen) atoms. The maximum absolute atomic E-state index is 5.87. The molecule has 1 atom stereocenters. The average Bonchev–Trinajstić information content (AvgIpc) is 3.04. The van der Waals surface area contributed by atoms with E-state index in [0.29, 0.717) is 6.04 Å². The molecule has 1 aromatic heterocycles. The van der Waals surface area contributed by atoms with Crippen LogP contribution in [0.5, 0.6) is 0 Å². The molecular weight excluding hydrogens is 186 g/mol. The number of pyridine rings is 1. The van der Waals surface area contributed by atoms with Gasteiger partial charge in [0.15, 0.2) is 0 Å². The quantitative estimate of drug-likeness (QED) is 0.818. The van der Waals surface area contributed by atoms with E-state index in [1.165, 1.54) is 18.4 Å². The molecule has 0 bridgehead atoms. The summed E-state index contributed by atoms with van der Waals surface area (Å²) >= 11 is 0. The van der Waals surface area contributed by atoms with Gasteiger partial charge in [-0.05, 0) is 44.4 Å². The number of hydrogen-bond donors (Lipinski definition) is 1. The number of anilines is 1. The van der Waals surface area contributed by atoms with E-state index < -0.39 is 0 Å². The van der Waals surface area contributed by atoms with Crippen LogP contribution < -0.4 is 10.6 Å². The highest BCUT2D eigenvalue weighted by molar-refractivity contribution is 5.44. The van der Waals surface area contributed by atoms with Gasteiger partial charge in [0.2, 0.25) is 0 Å². The van der Waals surface area contributed by atoms with Crippen molar-refractivity contribution >= 4 is 5.82 Å². The Labute approximate surface area is 91.3 Å². The predicted molar refractivity (Wildman–Crippen MR) is 62.9 cm³/mol. The molecule has 3 nitrogen and oxygen atoms in total. The first-order valence-electron chi connectivity index (χ1n) is 5.70. The fourth-order valence-corrected chi connectivity index (χ4v) is 1.87. The van der Waals surface area contributed by atoms with E-state index in [1.807, 2.05) is 19.2 Å². The summed E-state index contributed by atoms with van der Waals surface area (Å²) in [4.78, 5) is 6.79. The fraction of sp³-hybridized carbons (Fsp3) is 0.583. The molecule has 3 heteroatoms. The van der Waals surface area contributed by atoms with Gasteiger partial charge >= 0.3 is 0 Å². The standard InChI is InChI=1S/C12H19N3/c1-3-15(11-4-5-11)12-8-10(9(2)13)6-7-14-12/h6-9,11H,3-5,13H2,1-2H3/t9-/m0/s1. The van der Waals surface area contributed by atoms with Crippen LogP contribution in [-0.4, -0.2) is 17.6 Å². The van der Waals surface area contributed by atoms with Gasteiger partial charge in [0, 0.05) is 24.8 Å². The lowest BCUT2D eigenvalue weighted by molar-refractivity contribution is 0.787. The second-order valence-electron chi connectivity index (χ2n) is 4.25. The Kier molecular flexibility index (Phi) is 2.91. The molecule has 1 aliphatic carbocycles. The van der Waals surface area contributed by atoms with Gasteiger partial charge in [0.1, 0.15) is 5.82 Å². The van der Waals surface area contributed by atoms with E-state index in [0.717, 1.165) is 12.4 Å². The number of rotatable bonds is 4. The van der Waals surface area contributed by atoms with Gasteiger partial charge in [0.05, 0.1) is 0 Å². The first-order chi connectivity index (χ1) is 7.22. The summed E-state index contributed by atoms with van der Waals surface area (Å²) in [6, 6.07) is 4.91. The van der Waals surface area contributed by atoms with E-state index in [9.17, 15) is 0 Å². The highest BCUT2D eigenvalue weighted by atomic mass is 15.2. The number of aromatic nitrogens is 1. The molecule has 1 aliphatic rings. The van der Waals surface area contributed by atoms with Crippen LogP contribution in [0.2, 0.25) is 0 Å². The van der Waals surface area contributed by atoms with Crippen LogP contribution >= 0.6 is 0 Å². The van der Waals surface area contributed by atoms with Crippen LogP contribution in [-0.2, 0) is 0 Å². The molecule has 1 heterocycles. The minimum atomic E-state index is 0.0876. The maximum Gasteiger partial charge on any atom is 0.129 e. The van der Waals surface area contributed by atoms with Crippen LogP contribution in [0.3, 0.4) is 0 Å². The predicted octanol–water partition coefficient (Wildman–Crippen LogP) is 2.09. The van der Waals surface area contributed by atoms with Crippen molar-refractivity contribution in [2.45, 2.75) is 38.8 Å². The SMILES string of the molecule is CCN(c1cc([C@H](C)N)ccn1)C1CC1. The molecule has 0 radical (unpaired) electrons. The summed E-state index contributed by atoms with van der Waals surface area (Å²) in [6.07, 6.45) is 4.47. The Morgan fingerprint density at radius 3 is 2.87 bits per heavy atom. The summed E-state index contributed by atoms with van der Waals surface area (Å²) in [6.45, 7) is 5.21. The molecule has 0 unspecified atom stereocenters. The smallest absolute Gasteiger partial charge is 0.129 e. The Morgan fingerprint density at radius 1 is 1.60 bits per heavy atom. The number of hydrogen-bond acceptors (Lipinski definition) is 3. The van der Waals surface area contributed by atoms with E-state index in [1.54, 1.807) is 0 Å². The minimum absolute atomic E-state index is 0.0876. The molecule has 1 saturated carbocycles. The molecule has 0 amide bonds. The Morgan fingerprint density at radius 2 is 2.33 bits per heavy atom. The Balaban J connectivity index is 2.22. The molecule has 82 valence electrons. The monoisotopic (exact) mass is 205 g/mol. The van der Waals surface area contributed by atoms with Crippen LogP contribution in [0.25, 0.3) is 0 Å². The van der Waals surface area contributed by atoms with Crippen LogP contribution in [0.1, 0.15) is 38.3 Å². The summed E-state index contributed by atoms with van der Waals surface area (Å²) < 4.78 is 0. The van der Waals surface area contributed by atoms with Crippen molar-refractivity contribution in [3.63, 3.8) is 0 Å². The van der Waals surface area contributed by atoms with Gasteiger partial charge in [-0.2, -0.15) is 0 Å². The molecule has 1 aromatic rings. The van der Waals surface area contributed by atoms with Gasteiger partial charge in [-0.15, -0.1) is 0 Å². The van der Waals surface area contributed by atoms with E-state index in [4.69, 9.17) is 5.73 Å². The van der Waals surface area contributed by atoms with Gasteiger partial charge in [-0.3, -0.25) is 0 Å². The van der Waals surface area contributed by atoms with Crippen molar-refractivity contribution < 1.29 is 0 Å². The van der Waals surface area contributed by atoms with Crippen molar-refractivity contribution in [2.24, 2.45) is 5.73 Å². The lowest BCUT2D eigenvalue weighted by Crippen LogP contribution is -2.26. The van der Waals surface area contributed by atoms with Crippen LogP contribution in [0.4, 0.5) is 5.82 Å². The lowest BCUT2D eigenvalue weighted by Gasteiger charge is -2.22. The zero-order chi connectivity index (χ0) is 10.8. The van der Waals surface area contributed by atoms with Gasteiger partial charge < -0.3 is 10.6 Å². The summed E-state index contributed by atoms with van der Waals surface area (Å²) in [5, 5.41) is 0. The van der Waals surface area contributed by atoms with Gasteiger partial charge in [-0.25, -0.2) is 4.98 Å². The minimum Gasteiger partial charge on any atom is -0.354 e. The number of nitrogens with zero attached hydrogens (tertiary/aromatic N) is 2. The number of nitrogens with two attached hydrogens (primary N) is 1. The first kappa shape index (κ1) is 10.4. The fourth-order valence-electron chi connectivity index (χ4n) is 1.87. The maximum atomic E-state index is 5.87. The van der Waals surface area contributed by atoms with Crippen molar-refractivity contribution in [3.05, 3.63) is 23.9 Å². The third kappa shape index (κ3) is 2.29. The molecule has 0 aliphatic heterocycles. The molecule has 1 fully saturated rings. The zero-order valence-corrected chi connectivity index (χ0v) is 9.48. The highest BCUT2D eigenvalue weighted by Gasteiger charge is 2.28. The lowest BCUT2D eigenvalue weighted by atomic mass is 10.1. The van der Waals surface area contributed by atoms with Crippen molar-refractivity contribution in [1.29, 1.82) is 0 Å². The van der Waals surface area contributed by atoms with Crippen molar-refractivity contribution in [1.82, 2.24) is 4.98 Å². The molecule has 2 rings (SSSR count). The third-order valence-corrected chi connectivity index (χ3v) is 2.92. The molecular formula is C12H19N3. The first-order valence-corrected chi connectivity index (χ1v) is 5.70. The molecule has 0 aromatic carbocycles. The Bertz CT molecular complexity index is 331. The van der Waals surface area contributed by atoms with E-state index >= 15 is 0 Å². The largest absolute Gasteiger partial charge is 0.354 e. The highest BCUT2D eigenvalue weighted by Crippen LogP contribution is 2.30. The van der Waals surface area contributed by atoms with Crippen LogP contribution in [0.15, 0.2) is 18.3 Å². The van der Waals surface area contributed by atoms with E-state index in [-0.39, 0.29) is 6.04 Å². The second-order valence-corrected chi connectivity index (χ2v) is 4.25. The zero-order valence-electron chi connectivity index (χ0n) is 9.48. The average molecular weight is 205 g/mol. The molecule has 0 saturated heterocycles. The van der Waals surface area contributed by atoms with Crippen LogP contribution in [0, 0.1) is 0 Å².